The summed E-state index contributed by atoms with van der Waals surface area (Å²) in [5.41, 5.74) is 0.989. The molecule has 0 spiro atoms. The lowest BCUT2D eigenvalue weighted by Gasteiger charge is -2.08. The standard InChI is InChI=1S/C17H20O6/c1-11(2)17(20)23-6-5-13(16(18)19)7-12-8-14(21-3)10-15(9-12)22-4/h7-10H,1,5-6H2,2-4H3,(H,18,19). The topological polar surface area (TPSA) is 82.1 Å². The molecule has 124 valence electrons. The van der Waals surface area contributed by atoms with Crippen LogP contribution in [0.2, 0.25) is 0 Å². The fraction of sp³-hybridized carbons (Fsp3) is 0.294. The fourth-order valence-electron chi connectivity index (χ4n) is 1.73. The normalized spacial score (nSPS) is 10.8. The number of methoxy groups -OCH3 is 2. The van der Waals surface area contributed by atoms with Gasteiger partial charge in [-0.1, -0.05) is 6.58 Å². The van der Waals surface area contributed by atoms with Crippen LogP contribution in [0.3, 0.4) is 0 Å². The number of benzene rings is 1. The number of carbonyl (C=O) groups is 2. The Bertz CT molecular complexity index is 608. The van der Waals surface area contributed by atoms with Crippen LogP contribution in [-0.4, -0.2) is 37.9 Å². The van der Waals surface area contributed by atoms with Crippen LogP contribution in [0, 0.1) is 0 Å². The predicted molar refractivity (Wildman–Crippen MR) is 85.5 cm³/mol. The average Bonchev–Trinajstić information content (AvgIpc) is 2.52. The summed E-state index contributed by atoms with van der Waals surface area (Å²) < 4.78 is 15.2. The molecule has 0 aliphatic heterocycles. The molecule has 23 heavy (non-hydrogen) atoms. The van der Waals surface area contributed by atoms with E-state index in [1.54, 1.807) is 18.2 Å². The van der Waals surface area contributed by atoms with Gasteiger partial charge in [0.15, 0.2) is 0 Å². The SMILES string of the molecule is C=C(C)C(=O)OCCC(=Cc1cc(OC)cc(OC)c1)C(=O)O. The predicted octanol–water partition coefficient (Wildman–Crippen LogP) is 2.68. The number of esters is 1. The first kappa shape index (κ1) is 18.3. The number of carbonyl (C=O) groups excluding carboxylic acids is 1. The van der Waals surface area contributed by atoms with Gasteiger partial charge in [0.05, 0.1) is 20.8 Å². The first-order valence-corrected chi connectivity index (χ1v) is 6.87. The van der Waals surface area contributed by atoms with Crippen LogP contribution < -0.4 is 9.47 Å². The van der Waals surface area contributed by atoms with Crippen molar-refractivity contribution in [1.29, 1.82) is 0 Å². The fourth-order valence-corrected chi connectivity index (χ4v) is 1.73. The summed E-state index contributed by atoms with van der Waals surface area (Å²) in [6, 6.07) is 5.06. The second-order valence-electron chi connectivity index (χ2n) is 4.79. The number of aliphatic carboxylic acids is 1. The molecule has 0 heterocycles. The molecule has 0 fully saturated rings. The summed E-state index contributed by atoms with van der Waals surface area (Å²) in [7, 11) is 3.02. The van der Waals surface area contributed by atoms with Crippen LogP contribution in [0.5, 0.6) is 11.5 Å². The Morgan fingerprint density at radius 1 is 1.17 bits per heavy atom. The largest absolute Gasteiger partial charge is 0.497 e. The van der Waals surface area contributed by atoms with E-state index in [9.17, 15) is 14.7 Å². The summed E-state index contributed by atoms with van der Waals surface area (Å²) in [5.74, 6) is -0.529. The van der Waals surface area contributed by atoms with E-state index >= 15 is 0 Å². The molecule has 0 radical (unpaired) electrons. The number of carboxylic acid groups (broad SMARTS) is 1. The van der Waals surface area contributed by atoms with Gasteiger partial charge in [-0.2, -0.15) is 0 Å². The highest BCUT2D eigenvalue weighted by molar-refractivity contribution is 5.92. The monoisotopic (exact) mass is 320 g/mol. The second kappa shape index (κ2) is 8.63. The van der Waals surface area contributed by atoms with Gasteiger partial charge in [0.25, 0.3) is 0 Å². The Kier molecular flexibility index (Phi) is 6.86. The van der Waals surface area contributed by atoms with Crippen molar-refractivity contribution in [1.82, 2.24) is 0 Å². The van der Waals surface area contributed by atoms with Gasteiger partial charge in [0.2, 0.25) is 0 Å². The van der Waals surface area contributed by atoms with Gasteiger partial charge < -0.3 is 19.3 Å². The number of ether oxygens (including phenoxy) is 3. The Labute approximate surface area is 135 Å². The maximum absolute atomic E-state index is 11.3. The molecule has 1 N–H and O–H groups in total. The minimum atomic E-state index is -1.09. The first-order chi connectivity index (χ1) is 10.9. The van der Waals surface area contributed by atoms with E-state index in [4.69, 9.17) is 14.2 Å². The van der Waals surface area contributed by atoms with Crippen molar-refractivity contribution in [3.8, 4) is 11.5 Å². The molecule has 0 saturated heterocycles. The number of hydrogen-bond acceptors (Lipinski definition) is 5. The van der Waals surface area contributed by atoms with Gasteiger partial charge in [-0.25, -0.2) is 9.59 Å². The molecule has 6 nitrogen and oxygen atoms in total. The van der Waals surface area contributed by atoms with Gasteiger partial charge in [-0.05, 0) is 30.7 Å². The highest BCUT2D eigenvalue weighted by atomic mass is 16.5. The summed E-state index contributed by atoms with van der Waals surface area (Å²) in [4.78, 5) is 22.6. The molecular formula is C17H20O6. The van der Waals surface area contributed by atoms with E-state index in [0.717, 1.165) is 0 Å². The van der Waals surface area contributed by atoms with E-state index in [1.165, 1.54) is 27.2 Å². The highest BCUT2D eigenvalue weighted by Gasteiger charge is 2.11. The second-order valence-corrected chi connectivity index (χ2v) is 4.79. The third-order valence-electron chi connectivity index (χ3n) is 2.94. The van der Waals surface area contributed by atoms with Crippen molar-refractivity contribution in [2.24, 2.45) is 0 Å². The molecule has 1 aromatic rings. The molecule has 6 heteroatoms. The Hall–Kier alpha value is -2.76. The van der Waals surface area contributed by atoms with Crippen molar-refractivity contribution < 1.29 is 28.9 Å². The van der Waals surface area contributed by atoms with Crippen LogP contribution in [0.4, 0.5) is 0 Å². The summed E-state index contributed by atoms with van der Waals surface area (Å²) >= 11 is 0. The van der Waals surface area contributed by atoms with Gasteiger partial charge >= 0.3 is 11.9 Å². The molecular weight excluding hydrogens is 300 g/mol. The third-order valence-corrected chi connectivity index (χ3v) is 2.94. The van der Waals surface area contributed by atoms with Crippen molar-refractivity contribution in [3.05, 3.63) is 41.5 Å². The number of carboxylic acids is 1. The van der Waals surface area contributed by atoms with Crippen LogP contribution in [0.1, 0.15) is 18.9 Å². The van der Waals surface area contributed by atoms with Crippen molar-refractivity contribution >= 4 is 18.0 Å². The Morgan fingerprint density at radius 2 is 1.74 bits per heavy atom. The van der Waals surface area contributed by atoms with E-state index in [0.29, 0.717) is 17.1 Å². The number of hydrogen-bond donors (Lipinski definition) is 1. The highest BCUT2D eigenvalue weighted by Crippen LogP contribution is 2.24. The van der Waals surface area contributed by atoms with Gasteiger partial charge in [-0.15, -0.1) is 0 Å². The third kappa shape index (κ3) is 5.86. The molecule has 0 aliphatic carbocycles. The summed E-state index contributed by atoms with van der Waals surface area (Å²) in [5, 5.41) is 9.27. The lowest BCUT2D eigenvalue weighted by atomic mass is 10.1. The van der Waals surface area contributed by atoms with Crippen LogP contribution in [0.25, 0.3) is 6.08 Å². The lowest BCUT2D eigenvalue weighted by molar-refractivity contribution is -0.139. The summed E-state index contributed by atoms with van der Waals surface area (Å²) in [6.07, 6.45) is 1.57. The number of rotatable bonds is 8. The van der Waals surface area contributed by atoms with E-state index in [-0.39, 0.29) is 24.2 Å². The van der Waals surface area contributed by atoms with Gasteiger partial charge in [0.1, 0.15) is 11.5 Å². The van der Waals surface area contributed by atoms with Crippen molar-refractivity contribution in [3.63, 3.8) is 0 Å². The molecule has 1 aromatic carbocycles. The molecule has 0 atom stereocenters. The van der Waals surface area contributed by atoms with E-state index in [2.05, 4.69) is 6.58 Å². The minimum Gasteiger partial charge on any atom is -0.497 e. The Balaban J connectivity index is 2.92. The van der Waals surface area contributed by atoms with Crippen LogP contribution >= 0.6 is 0 Å². The van der Waals surface area contributed by atoms with E-state index in [1.807, 2.05) is 0 Å². The zero-order valence-corrected chi connectivity index (χ0v) is 13.4. The lowest BCUT2D eigenvalue weighted by Crippen LogP contribution is -2.09. The van der Waals surface area contributed by atoms with Gasteiger partial charge in [-0.3, -0.25) is 0 Å². The first-order valence-electron chi connectivity index (χ1n) is 6.87. The molecule has 0 saturated carbocycles. The molecule has 0 aromatic heterocycles. The zero-order valence-electron chi connectivity index (χ0n) is 13.4. The van der Waals surface area contributed by atoms with Crippen LogP contribution in [0.15, 0.2) is 35.9 Å². The maximum atomic E-state index is 11.3. The van der Waals surface area contributed by atoms with Crippen molar-refractivity contribution in [2.45, 2.75) is 13.3 Å². The quantitative estimate of drug-likeness (QED) is 0.586. The molecule has 0 amide bonds. The van der Waals surface area contributed by atoms with E-state index < -0.39 is 11.9 Å². The Morgan fingerprint density at radius 3 is 2.17 bits per heavy atom. The zero-order chi connectivity index (χ0) is 17.4. The molecule has 0 aliphatic rings. The van der Waals surface area contributed by atoms with Crippen molar-refractivity contribution in [2.75, 3.05) is 20.8 Å². The molecule has 0 bridgehead atoms. The van der Waals surface area contributed by atoms with Crippen LogP contribution in [-0.2, 0) is 14.3 Å². The molecule has 1 rings (SSSR count). The molecule has 0 unspecified atom stereocenters. The smallest absolute Gasteiger partial charge is 0.333 e. The minimum absolute atomic E-state index is 0.0368. The maximum Gasteiger partial charge on any atom is 0.333 e. The van der Waals surface area contributed by atoms with Gasteiger partial charge in [0, 0.05) is 23.6 Å². The summed E-state index contributed by atoms with van der Waals surface area (Å²) in [6.45, 7) is 4.95. The average molecular weight is 320 g/mol.